The van der Waals surface area contributed by atoms with Gasteiger partial charge in [0.05, 0.1) is 6.10 Å². The minimum absolute atomic E-state index is 0.226. The largest absolute Gasteiger partial charge is 0.299 e. The summed E-state index contributed by atoms with van der Waals surface area (Å²) in [6.45, 7) is 4.65. The molecule has 0 rings (SSSR count). The Morgan fingerprint density at radius 3 is 2.70 bits per heavy atom. The van der Waals surface area contributed by atoms with E-state index >= 15 is 0 Å². The van der Waals surface area contributed by atoms with Gasteiger partial charge in [-0.1, -0.05) is 12.2 Å². The van der Waals surface area contributed by atoms with Gasteiger partial charge >= 0.3 is 0 Å². The zero-order valence-electron chi connectivity index (χ0n) is 6.43. The molecular weight excluding hydrogens is 150 g/mol. The number of halogens is 1. The summed E-state index contributed by atoms with van der Waals surface area (Å²) in [5.74, 6) is 0.559. The van der Waals surface area contributed by atoms with Gasteiger partial charge in [0.15, 0.2) is 0 Å². The van der Waals surface area contributed by atoms with Gasteiger partial charge in [-0.2, -0.15) is 5.48 Å². The van der Waals surface area contributed by atoms with Crippen molar-refractivity contribution >= 4 is 11.6 Å². The molecule has 0 aliphatic rings. The Morgan fingerprint density at radius 1 is 1.50 bits per heavy atom. The lowest BCUT2D eigenvalue weighted by atomic mass is 10.5. The molecule has 0 aromatic carbocycles. The summed E-state index contributed by atoms with van der Waals surface area (Å²) in [6.07, 6.45) is 4.03. The monoisotopic (exact) mass is 163 g/mol. The molecule has 10 heavy (non-hydrogen) atoms. The molecule has 0 atom stereocenters. The van der Waals surface area contributed by atoms with Crippen LogP contribution in [-0.4, -0.2) is 18.5 Å². The first-order chi connectivity index (χ1) is 4.77. The number of hydrogen-bond acceptors (Lipinski definition) is 2. The summed E-state index contributed by atoms with van der Waals surface area (Å²) in [5, 5.41) is 0. The third-order valence-corrected chi connectivity index (χ3v) is 0.954. The van der Waals surface area contributed by atoms with Crippen LogP contribution in [0.1, 0.15) is 13.8 Å². The summed E-state index contributed by atoms with van der Waals surface area (Å²) in [4.78, 5) is 5.04. The van der Waals surface area contributed by atoms with Crippen molar-refractivity contribution in [1.29, 1.82) is 0 Å². The lowest BCUT2D eigenvalue weighted by Gasteiger charge is -2.05. The minimum atomic E-state index is 0.226. The van der Waals surface area contributed by atoms with Crippen LogP contribution in [-0.2, 0) is 4.84 Å². The molecule has 0 aromatic rings. The van der Waals surface area contributed by atoms with E-state index in [1.165, 1.54) is 0 Å². The van der Waals surface area contributed by atoms with E-state index in [9.17, 15) is 0 Å². The second kappa shape index (κ2) is 7.06. The first kappa shape index (κ1) is 9.95. The van der Waals surface area contributed by atoms with Gasteiger partial charge in [-0.05, 0) is 13.8 Å². The molecule has 0 aromatic heterocycles. The standard InChI is InChI=1S/C7H14ClNO/c1-7(2)10-9-6-4-3-5-8/h3-4,7,9H,5-6H2,1-2H3/b4-3+. The fourth-order valence-electron chi connectivity index (χ4n) is 0.409. The number of allylic oxidation sites excluding steroid dienone is 1. The van der Waals surface area contributed by atoms with E-state index in [-0.39, 0.29) is 6.10 Å². The van der Waals surface area contributed by atoms with Crippen molar-refractivity contribution in [3.63, 3.8) is 0 Å². The number of rotatable bonds is 5. The zero-order chi connectivity index (χ0) is 7.82. The molecule has 0 saturated heterocycles. The van der Waals surface area contributed by atoms with E-state index in [0.717, 1.165) is 0 Å². The first-order valence-electron chi connectivity index (χ1n) is 3.37. The summed E-state index contributed by atoms with van der Waals surface area (Å²) >= 11 is 5.39. The van der Waals surface area contributed by atoms with E-state index in [2.05, 4.69) is 5.48 Å². The van der Waals surface area contributed by atoms with E-state index in [4.69, 9.17) is 16.4 Å². The van der Waals surface area contributed by atoms with Crippen LogP contribution in [0.5, 0.6) is 0 Å². The highest BCUT2D eigenvalue weighted by Crippen LogP contribution is 1.82. The zero-order valence-corrected chi connectivity index (χ0v) is 7.19. The lowest BCUT2D eigenvalue weighted by Crippen LogP contribution is -2.19. The third-order valence-electron chi connectivity index (χ3n) is 0.776. The topological polar surface area (TPSA) is 21.3 Å². The molecule has 60 valence electrons. The fraction of sp³-hybridized carbons (Fsp3) is 0.714. The molecule has 0 fully saturated rings. The molecule has 1 N–H and O–H groups in total. The third kappa shape index (κ3) is 7.95. The minimum Gasteiger partial charge on any atom is -0.299 e. The van der Waals surface area contributed by atoms with Crippen LogP contribution in [0.4, 0.5) is 0 Å². The van der Waals surface area contributed by atoms with Crippen LogP contribution in [0.2, 0.25) is 0 Å². The highest BCUT2D eigenvalue weighted by Gasteiger charge is 1.87. The highest BCUT2D eigenvalue weighted by atomic mass is 35.5. The average Bonchev–Trinajstić information content (AvgIpc) is 1.87. The molecule has 0 radical (unpaired) electrons. The Bertz CT molecular complexity index is 93.6. The predicted octanol–water partition coefficient (Wildman–Crippen LogP) is 1.71. The van der Waals surface area contributed by atoms with Crippen LogP contribution in [0.3, 0.4) is 0 Å². The van der Waals surface area contributed by atoms with E-state index in [1.54, 1.807) is 0 Å². The molecule has 0 aliphatic heterocycles. The van der Waals surface area contributed by atoms with Gasteiger partial charge in [-0.25, -0.2) is 0 Å². The van der Waals surface area contributed by atoms with Gasteiger partial charge in [-0.3, -0.25) is 4.84 Å². The van der Waals surface area contributed by atoms with Crippen molar-refractivity contribution in [3.8, 4) is 0 Å². The van der Waals surface area contributed by atoms with Crippen LogP contribution in [0.25, 0.3) is 0 Å². The molecule has 0 amide bonds. The molecular formula is C7H14ClNO. The summed E-state index contributed by atoms with van der Waals surface area (Å²) in [6, 6.07) is 0. The Hall–Kier alpha value is -0.0500. The van der Waals surface area contributed by atoms with Crippen LogP contribution < -0.4 is 5.48 Å². The first-order valence-corrected chi connectivity index (χ1v) is 3.90. The summed E-state index contributed by atoms with van der Waals surface area (Å²) < 4.78 is 0. The Kier molecular flexibility index (Phi) is 7.03. The van der Waals surface area contributed by atoms with Gasteiger partial charge < -0.3 is 0 Å². The quantitative estimate of drug-likeness (QED) is 0.288. The number of hydroxylamine groups is 1. The Labute approximate surface area is 67.2 Å². The van der Waals surface area contributed by atoms with Crippen molar-refractivity contribution in [1.82, 2.24) is 5.48 Å². The van der Waals surface area contributed by atoms with Crippen molar-refractivity contribution in [2.75, 3.05) is 12.4 Å². The SMILES string of the molecule is CC(C)ONC/C=C/CCl. The normalized spacial score (nSPS) is 11.6. The van der Waals surface area contributed by atoms with Crippen LogP contribution >= 0.6 is 11.6 Å². The van der Waals surface area contributed by atoms with Crippen molar-refractivity contribution in [2.24, 2.45) is 0 Å². The maximum Gasteiger partial charge on any atom is 0.0734 e. The number of nitrogens with one attached hydrogen (secondary N) is 1. The highest BCUT2D eigenvalue weighted by molar-refractivity contribution is 6.18. The molecule has 0 unspecified atom stereocenters. The van der Waals surface area contributed by atoms with Crippen molar-refractivity contribution in [2.45, 2.75) is 20.0 Å². The molecule has 0 aliphatic carbocycles. The van der Waals surface area contributed by atoms with Gasteiger partial charge in [-0.15, -0.1) is 11.6 Å². The second-order valence-electron chi connectivity index (χ2n) is 2.14. The Balaban J connectivity index is 2.97. The lowest BCUT2D eigenvalue weighted by molar-refractivity contribution is 0.00140. The van der Waals surface area contributed by atoms with Crippen LogP contribution in [0.15, 0.2) is 12.2 Å². The predicted molar refractivity (Wildman–Crippen MR) is 44.1 cm³/mol. The maximum absolute atomic E-state index is 5.39. The Morgan fingerprint density at radius 2 is 2.20 bits per heavy atom. The fourth-order valence-corrected chi connectivity index (χ4v) is 0.535. The smallest absolute Gasteiger partial charge is 0.0734 e. The van der Waals surface area contributed by atoms with E-state index in [0.29, 0.717) is 12.4 Å². The second-order valence-corrected chi connectivity index (χ2v) is 2.45. The van der Waals surface area contributed by atoms with Crippen molar-refractivity contribution < 1.29 is 4.84 Å². The average molecular weight is 164 g/mol. The molecule has 0 bridgehead atoms. The van der Waals surface area contributed by atoms with Gasteiger partial charge in [0.2, 0.25) is 0 Å². The van der Waals surface area contributed by atoms with Crippen LogP contribution in [0, 0.1) is 0 Å². The van der Waals surface area contributed by atoms with E-state index in [1.807, 2.05) is 26.0 Å². The summed E-state index contributed by atoms with van der Waals surface area (Å²) in [7, 11) is 0. The molecule has 3 heteroatoms. The number of alkyl halides is 1. The van der Waals surface area contributed by atoms with Gasteiger partial charge in [0.25, 0.3) is 0 Å². The molecule has 0 saturated carbocycles. The maximum atomic E-state index is 5.39. The molecule has 2 nitrogen and oxygen atoms in total. The van der Waals surface area contributed by atoms with Gasteiger partial charge in [0.1, 0.15) is 0 Å². The molecule has 0 spiro atoms. The van der Waals surface area contributed by atoms with Gasteiger partial charge in [0, 0.05) is 12.4 Å². The van der Waals surface area contributed by atoms with Crippen molar-refractivity contribution in [3.05, 3.63) is 12.2 Å². The van der Waals surface area contributed by atoms with E-state index < -0.39 is 0 Å². The number of hydrogen-bond donors (Lipinski definition) is 1. The summed E-state index contributed by atoms with van der Waals surface area (Å²) in [5.41, 5.74) is 2.77. The molecule has 0 heterocycles.